The summed E-state index contributed by atoms with van der Waals surface area (Å²) in [6.45, 7) is 2.74. The van der Waals surface area contributed by atoms with E-state index in [0.717, 1.165) is 12.1 Å². The molecule has 2 aliphatic heterocycles. The van der Waals surface area contributed by atoms with Gasteiger partial charge < -0.3 is 14.7 Å². The summed E-state index contributed by atoms with van der Waals surface area (Å²) in [6.07, 6.45) is 2.99. The molecule has 5 rings (SSSR count). The van der Waals surface area contributed by atoms with E-state index in [4.69, 9.17) is 11.6 Å². The van der Waals surface area contributed by atoms with Crippen molar-refractivity contribution in [1.29, 1.82) is 0 Å². The molecule has 8 nitrogen and oxygen atoms in total. The van der Waals surface area contributed by atoms with Gasteiger partial charge in [0.2, 0.25) is 5.91 Å². The van der Waals surface area contributed by atoms with E-state index in [1.807, 2.05) is 35.2 Å². The van der Waals surface area contributed by atoms with Crippen molar-refractivity contribution >= 4 is 34.8 Å². The average Bonchev–Trinajstić information content (AvgIpc) is 3.32. The molecule has 0 atom stereocenters. The van der Waals surface area contributed by atoms with Crippen molar-refractivity contribution in [3.63, 3.8) is 0 Å². The summed E-state index contributed by atoms with van der Waals surface area (Å²) in [7, 11) is 0. The first-order chi connectivity index (χ1) is 16.5. The largest absolute Gasteiger partial charge is 0.365 e. The summed E-state index contributed by atoms with van der Waals surface area (Å²) in [6, 6.07) is 16.4. The van der Waals surface area contributed by atoms with Gasteiger partial charge in [-0.25, -0.2) is 0 Å². The second-order valence-electron chi connectivity index (χ2n) is 8.37. The van der Waals surface area contributed by atoms with Gasteiger partial charge in [0, 0.05) is 50.4 Å². The highest BCUT2D eigenvalue weighted by Crippen LogP contribution is 2.25. The summed E-state index contributed by atoms with van der Waals surface area (Å²) >= 11 is 6.44. The molecule has 0 unspecified atom stereocenters. The van der Waals surface area contributed by atoms with Gasteiger partial charge in [-0.2, -0.15) is 9.78 Å². The third kappa shape index (κ3) is 4.17. The van der Waals surface area contributed by atoms with Gasteiger partial charge in [0.05, 0.1) is 17.6 Å². The van der Waals surface area contributed by atoms with Gasteiger partial charge in [-0.1, -0.05) is 35.9 Å². The molecule has 9 heteroatoms. The van der Waals surface area contributed by atoms with E-state index in [0.29, 0.717) is 56.1 Å². The molecule has 0 aliphatic carbocycles. The lowest BCUT2D eigenvalue weighted by Gasteiger charge is -2.36. The Kier molecular flexibility index (Phi) is 6.06. The third-order valence-electron chi connectivity index (χ3n) is 6.29. The first kappa shape index (κ1) is 22.2. The number of rotatable bonds is 4. The Bertz CT molecular complexity index is 1290. The number of carbonyl (C=O) groups is 2. The third-order valence-corrected chi connectivity index (χ3v) is 6.64. The number of amides is 2. The minimum atomic E-state index is -0.378. The Morgan fingerprint density at radius 1 is 0.882 bits per heavy atom. The minimum absolute atomic E-state index is 0.0723. The Hall–Kier alpha value is -3.65. The molecule has 2 fully saturated rings. The van der Waals surface area contributed by atoms with Crippen LogP contribution in [0.15, 0.2) is 65.6 Å². The molecule has 3 heterocycles. The molecule has 0 radical (unpaired) electrons. The lowest BCUT2D eigenvalue weighted by molar-refractivity contribution is -0.117. The fourth-order valence-corrected chi connectivity index (χ4v) is 4.71. The highest BCUT2D eigenvalue weighted by atomic mass is 35.5. The van der Waals surface area contributed by atoms with Gasteiger partial charge in [-0.05, 0) is 36.8 Å². The maximum absolute atomic E-state index is 13.1. The smallest absolute Gasteiger partial charge is 0.292 e. The molecule has 2 aromatic carbocycles. The Morgan fingerprint density at radius 3 is 2.32 bits per heavy atom. The van der Waals surface area contributed by atoms with E-state index in [2.05, 4.69) is 5.10 Å². The molecule has 2 aliphatic rings. The number of para-hydroxylation sites is 1. The van der Waals surface area contributed by atoms with Crippen LogP contribution in [0.3, 0.4) is 0 Å². The van der Waals surface area contributed by atoms with E-state index in [-0.39, 0.29) is 22.4 Å². The van der Waals surface area contributed by atoms with Crippen LogP contribution in [-0.4, -0.2) is 59.2 Å². The number of carbonyl (C=O) groups excluding carboxylic acids is 2. The average molecular weight is 478 g/mol. The molecule has 3 aromatic rings. The molecule has 0 saturated carbocycles. The van der Waals surface area contributed by atoms with Crippen LogP contribution in [0.1, 0.15) is 23.2 Å². The Labute approximate surface area is 202 Å². The van der Waals surface area contributed by atoms with Gasteiger partial charge in [0.1, 0.15) is 5.02 Å². The number of aromatic nitrogens is 2. The van der Waals surface area contributed by atoms with Crippen LogP contribution in [0.5, 0.6) is 0 Å². The van der Waals surface area contributed by atoms with Crippen LogP contribution in [0, 0.1) is 0 Å². The standard InChI is InChI=1S/C25H24ClN5O3/c26-23-21(17-27-31(25(23)34)19-7-2-1-3-8-19)28-12-14-29(15-13-28)24(33)18-6-4-9-20(16-18)30-11-5-10-22(30)32/h1-4,6-9,16-17H,5,10-15H2. The van der Waals surface area contributed by atoms with Crippen molar-refractivity contribution in [2.24, 2.45) is 0 Å². The highest BCUT2D eigenvalue weighted by Gasteiger charge is 2.26. The van der Waals surface area contributed by atoms with Crippen LogP contribution >= 0.6 is 11.6 Å². The first-order valence-corrected chi connectivity index (χ1v) is 11.7. The summed E-state index contributed by atoms with van der Waals surface area (Å²) in [5, 5.41) is 4.42. The van der Waals surface area contributed by atoms with Crippen LogP contribution in [0.2, 0.25) is 5.02 Å². The van der Waals surface area contributed by atoms with Gasteiger partial charge in [0.15, 0.2) is 0 Å². The highest BCUT2D eigenvalue weighted by molar-refractivity contribution is 6.33. The Morgan fingerprint density at radius 2 is 1.62 bits per heavy atom. The molecular weight excluding hydrogens is 454 g/mol. The lowest BCUT2D eigenvalue weighted by Crippen LogP contribution is -2.49. The van der Waals surface area contributed by atoms with Gasteiger partial charge >= 0.3 is 0 Å². The van der Waals surface area contributed by atoms with Gasteiger partial charge in [0.25, 0.3) is 11.5 Å². The fourth-order valence-electron chi connectivity index (χ4n) is 4.46. The van der Waals surface area contributed by atoms with Gasteiger partial charge in [-0.3, -0.25) is 14.4 Å². The van der Waals surface area contributed by atoms with Crippen LogP contribution in [-0.2, 0) is 4.79 Å². The second kappa shape index (κ2) is 9.30. The fraction of sp³-hybridized carbons (Fsp3) is 0.280. The number of anilines is 2. The number of nitrogens with zero attached hydrogens (tertiary/aromatic N) is 5. The van der Waals surface area contributed by atoms with E-state index in [1.54, 1.807) is 40.3 Å². The van der Waals surface area contributed by atoms with Crippen molar-refractivity contribution in [1.82, 2.24) is 14.7 Å². The van der Waals surface area contributed by atoms with Crippen molar-refractivity contribution in [2.75, 3.05) is 42.5 Å². The van der Waals surface area contributed by atoms with Crippen LogP contribution < -0.4 is 15.4 Å². The molecule has 0 spiro atoms. The summed E-state index contributed by atoms with van der Waals surface area (Å²) in [5.74, 6) is 0.0229. The predicted octanol–water partition coefficient (Wildman–Crippen LogP) is 2.98. The van der Waals surface area contributed by atoms with Crippen molar-refractivity contribution in [3.8, 4) is 5.69 Å². The van der Waals surface area contributed by atoms with Crippen LogP contribution in [0.25, 0.3) is 5.69 Å². The Balaban J connectivity index is 1.28. The predicted molar refractivity (Wildman–Crippen MR) is 131 cm³/mol. The van der Waals surface area contributed by atoms with Crippen molar-refractivity contribution in [3.05, 3.63) is 81.7 Å². The number of halogens is 1. The molecule has 2 saturated heterocycles. The van der Waals surface area contributed by atoms with Crippen molar-refractivity contribution in [2.45, 2.75) is 12.8 Å². The molecule has 34 heavy (non-hydrogen) atoms. The summed E-state index contributed by atoms with van der Waals surface area (Å²) in [5.41, 5.74) is 2.17. The lowest BCUT2D eigenvalue weighted by atomic mass is 10.1. The monoisotopic (exact) mass is 477 g/mol. The molecule has 2 amide bonds. The zero-order valence-electron chi connectivity index (χ0n) is 18.6. The number of hydrogen-bond donors (Lipinski definition) is 0. The minimum Gasteiger partial charge on any atom is -0.365 e. The quantitative estimate of drug-likeness (QED) is 0.577. The van der Waals surface area contributed by atoms with E-state index in [1.165, 1.54) is 4.68 Å². The first-order valence-electron chi connectivity index (χ1n) is 11.3. The molecule has 0 N–H and O–H groups in total. The second-order valence-corrected chi connectivity index (χ2v) is 8.75. The zero-order chi connectivity index (χ0) is 23.7. The molecule has 1 aromatic heterocycles. The maximum Gasteiger partial charge on any atom is 0.292 e. The zero-order valence-corrected chi connectivity index (χ0v) is 19.3. The molecule has 174 valence electrons. The normalized spacial score (nSPS) is 16.3. The molecular formula is C25H24ClN5O3. The number of piperazine rings is 1. The number of hydrogen-bond acceptors (Lipinski definition) is 5. The number of benzene rings is 2. The maximum atomic E-state index is 13.1. The van der Waals surface area contributed by atoms with E-state index in [9.17, 15) is 14.4 Å². The van der Waals surface area contributed by atoms with Crippen LogP contribution in [0.4, 0.5) is 11.4 Å². The SMILES string of the molecule is O=C(c1cccc(N2CCCC2=O)c1)N1CCN(c2cnn(-c3ccccc3)c(=O)c2Cl)CC1. The van der Waals surface area contributed by atoms with E-state index >= 15 is 0 Å². The van der Waals surface area contributed by atoms with E-state index < -0.39 is 0 Å². The van der Waals surface area contributed by atoms with Gasteiger partial charge in [-0.15, -0.1) is 0 Å². The molecule has 0 bridgehead atoms. The van der Waals surface area contributed by atoms with Crippen molar-refractivity contribution < 1.29 is 9.59 Å². The summed E-state index contributed by atoms with van der Waals surface area (Å²) < 4.78 is 1.28. The topological polar surface area (TPSA) is 78.8 Å². The summed E-state index contributed by atoms with van der Waals surface area (Å²) in [4.78, 5) is 43.5.